The fourth-order valence-electron chi connectivity index (χ4n) is 3.43. The van der Waals surface area contributed by atoms with Gasteiger partial charge in [-0.3, -0.25) is 14.4 Å². The van der Waals surface area contributed by atoms with Crippen molar-refractivity contribution in [1.82, 2.24) is 5.32 Å². The zero-order chi connectivity index (χ0) is 18.5. The van der Waals surface area contributed by atoms with Gasteiger partial charge in [-0.2, -0.15) is 0 Å². The number of Topliss-reactive ketones (excluding diaryl/α,β-unsaturated/α-hetero) is 1. The van der Waals surface area contributed by atoms with Gasteiger partial charge in [0.1, 0.15) is 11.8 Å². The van der Waals surface area contributed by atoms with Gasteiger partial charge in [-0.15, -0.1) is 0 Å². The van der Waals surface area contributed by atoms with Gasteiger partial charge in [-0.1, -0.05) is 42.5 Å². The van der Waals surface area contributed by atoms with Crippen molar-refractivity contribution in [3.05, 3.63) is 60.2 Å². The first-order valence-corrected chi connectivity index (χ1v) is 8.82. The molecule has 3 rings (SSSR count). The average molecular weight is 350 g/mol. The van der Waals surface area contributed by atoms with Gasteiger partial charge in [0.05, 0.1) is 0 Å². The molecule has 134 valence electrons. The third-order valence-corrected chi connectivity index (χ3v) is 4.84. The van der Waals surface area contributed by atoms with Crippen molar-refractivity contribution < 1.29 is 14.4 Å². The number of ketones is 1. The Morgan fingerprint density at radius 2 is 1.65 bits per heavy atom. The van der Waals surface area contributed by atoms with Gasteiger partial charge >= 0.3 is 0 Å². The van der Waals surface area contributed by atoms with Gasteiger partial charge in [0.15, 0.2) is 0 Å². The van der Waals surface area contributed by atoms with Crippen LogP contribution in [-0.2, 0) is 9.59 Å². The van der Waals surface area contributed by atoms with Crippen LogP contribution >= 0.6 is 0 Å². The third-order valence-electron chi connectivity index (χ3n) is 4.84. The molecule has 1 fully saturated rings. The molecule has 0 heterocycles. The maximum atomic E-state index is 12.5. The van der Waals surface area contributed by atoms with Gasteiger partial charge < -0.3 is 11.1 Å². The minimum atomic E-state index is -0.819. The Labute approximate surface area is 152 Å². The summed E-state index contributed by atoms with van der Waals surface area (Å²) < 4.78 is 0. The molecule has 0 bridgehead atoms. The zero-order valence-electron chi connectivity index (χ0n) is 14.5. The number of rotatable bonds is 5. The second-order valence-corrected chi connectivity index (χ2v) is 6.69. The van der Waals surface area contributed by atoms with E-state index < -0.39 is 11.9 Å². The van der Waals surface area contributed by atoms with Crippen LogP contribution in [0.2, 0.25) is 0 Å². The minimum absolute atomic E-state index is 0.119. The Bertz CT molecular complexity index is 800. The van der Waals surface area contributed by atoms with Gasteiger partial charge in [0.25, 0.3) is 5.91 Å². The quantitative estimate of drug-likeness (QED) is 0.869. The highest BCUT2D eigenvalue weighted by molar-refractivity contribution is 5.98. The molecular formula is C21H22N2O3. The molecular weight excluding hydrogens is 328 g/mol. The lowest BCUT2D eigenvalue weighted by Gasteiger charge is -2.28. The van der Waals surface area contributed by atoms with E-state index in [-0.39, 0.29) is 17.6 Å². The summed E-state index contributed by atoms with van der Waals surface area (Å²) in [5, 5.41) is 2.72. The summed E-state index contributed by atoms with van der Waals surface area (Å²) in [7, 11) is 0. The molecule has 0 saturated heterocycles. The fraction of sp³-hybridized carbons (Fsp3) is 0.286. The topological polar surface area (TPSA) is 89.3 Å². The summed E-state index contributed by atoms with van der Waals surface area (Å²) in [6.45, 7) is 0. The zero-order valence-corrected chi connectivity index (χ0v) is 14.5. The van der Waals surface area contributed by atoms with Crippen LogP contribution in [0.25, 0.3) is 11.1 Å². The van der Waals surface area contributed by atoms with Crippen molar-refractivity contribution in [3.63, 3.8) is 0 Å². The number of nitrogens with two attached hydrogens (primary N) is 1. The van der Waals surface area contributed by atoms with Crippen LogP contribution in [0.15, 0.2) is 54.6 Å². The van der Waals surface area contributed by atoms with Crippen molar-refractivity contribution in [2.24, 2.45) is 11.7 Å². The summed E-state index contributed by atoms with van der Waals surface area (Å²) in [5.74, 6) is -1.05. The van der Waals surface area contributed by atoms with E-state index in [4.69, 9.17) is 5.73 Å². The Morgan fingerprint density at radius 3 is 2.27 bits per heavy atom. The number of primary amides is 1. The maximum absolute atomic E-state index is 12.5. The van der Waals surface area contributed by atoms with Crippen LogP contribution in [-0.4, -0.2) is 23.6 Å². The molecule has 0 spiro atoms. The average Bonchev–Trinajstić information content (AvgIpc) is 2.66. The molecule has 0 unspecified atom stereocenters. The summed E-state index contributed by atoms with van der Waals surface area (Å²) in [5.41, 5.74) is 8.00. The van der Waals surface area contributed by atoms with Gasteiger partial charge in [0, 0.05) is 18.4 Å². The van der Waals surface area contributed by atoms with E-state index in [0.29, 0.717) is 24.8 Å². The number of hydrogen-bond donors (Lipinski definition) is 2. The third kappa shape index (κ3) is 4.17. The number of nitrogens with one attached hydrogen (secondary N) is 1. The lowest BCUT2D eigenvalue weighted by Crippen LogP contribution is -2.50. The predicted molar refractivity (Wildman–Crippen MR) is 99.3 cm³/mol. The number of carbonyl (C=O) groups is 3. The Morgan fingerprint density at radius 1 is 1.00 bits per heavy atom. The SMILES string of the molecule is NC(=O)[C@@H](NC(=O)c1ccc(-c2ccccc2)cc1)[C@H]1CCCC(=O)C1. The monoisotopic (exact) mass is 350 g/mol. The first-order valence-electron chi connectivity index (χ1n) is 8.82. The molecule has 26 heavy (non-hydrogen) atoms. The summed E-state index contributed by atoms with van der Waals surface area (Å²) >= 11 is 0. The Balaban J connectivity index is 1.71. The molecule has 1 aliphatic rings. The van der Waals surface area contributed by atoms with Crippen LogP contribution < -0.4 is 11.1 Å². The number of hydrogen-bond acceptors (Lipinski definition) is 3. The lowest BCUT2D eigenvalue weighted by atomic mass is 9.82. The maximum Gasteiger partial charge on any atom is 0.251 e. The summed E-state index contributed by atoms with van der Waals surface area (Å²) in [6.07, 6.45) is 2.28. The van der Waals surface area contributed by atoms with E-state index >= 15 is 0 Å². The second kappa shape index (κ2) is 7.95. The highest BCUT2D eigenvalue weighted by atomic mass is 16.2. The molecule has 3 N–H and O–H groups in total. The second-order valence-electron chi connectivity index (χ2n) is 6.69. The lowest BCUT2D eigenvalue weighted by molar-refractivity contribution is -0.124. The van der Waals surface area contributed by atoms with Crippen LogP contribution in [0.5, 0.6) is 0 Å². The smallest absolute Gasteiger partial charge is 0.251 e. The van der Waals surface area contributed by atoms with Crippen molar-refractivity contribution in [2.45, 2.75) is 31.7 Å². The molecule has 2 amide bonds. The van der Waals surface area contributed by atoms with Gasteiger partial charge in [-0.05, 0) is 42.0 Å². The molecule has 0 radical (unpaired) electrons. The molecule has 0 aliphatic heterocycles. The molecule has 2 aromatic carbocycles. The normalized spacial score (nSPS) is 18.2. The summed E-state index contributed by atoms with van der Waals surface area (Å²) in [4.78, 5) is 36.0. The molecule has 5 nitrogen and oxygen atoms in total. The molecule has 2 atom stereocenters. The number of carbonyl (C=O) groups excluding carboxylic acids is 3. The van der Waals surface area contributed by atoms with Crippen LogP contribution in [0, 0.1) is 5.92 Å². The van der Waals surface area contributed by atoms with Crippen LogP contribution in [0.4, 0.5) is 0 Å². The van der Waals surface area contributed by atoms with Crippen molar-refractivity contribution in [1.29, 1.82) is 0 Å². The van der Waals surface area contributed by atoms with E-state index in [1.807, 2.05) is 42.5 Å². The molecule has 1 aliphatic carbocycles. The largest absolute Gasteiger partial charge is 0.368 e. The Kier molecular flexibility index (Phi) is 5.46. The number of benzene rings is 2. The standard InChI is InChI=1S/C21H22N2O3/c22-20(25)19(17-7-4-8-18(24)13-17)23-21(26)16-11-9-15(10-12-16)14-5-2-1-3-6-14/h1-3,5-6,9-12,17,19H,4,7-8,13H2,(H2,22,25)(H,23,26)/t17-,19-/m0/s1. The van der Waals surface area contributed by atoms with Crippen molar-refractivity contribution >= 4 is 17.6 Å². The van der Waals surface area contributed by atoms with Crippen molar-refractivity contribution in [3.8, 4) is 11.1 Å². The van der Waals surface area contributed by atoms with E-state index in [1.165, 1.54) is 0 Å². The van der Waals surface area contributed by atoms with E-state index in [1.54, 1.807) is 12.1 Å². The molecule has 5 heteroatoms. The first-order chi connectivity index (χ1) is 12.5. The first kappa shape index (κ1) is 17.9. The van der Waals surface area contributed by atoms with E-state index in [0.717, 1.165) is 17.5 Å². The van der Waals surface area contributed by atoms with E-state index in [9.17, 15) is 14.4 Å². The van der Waals surface area contributed by atoms with Gasteiger partial charge in [-0.25, -0.2) is 0 Å². The summed E-state index contributed by atoms with van der Waals surface area (Å²) in [6, 6.07) is 16.2. The molecule has 2 aromatic rings. The van der Waals surface area contributed by atoms with E-state index in [2.05, 4.69) is 5.32 Å². The predicted octanol–water partition coefficient (Wildman–Crippen LogP) is 2.70. The van der Waals surface area contributed by atoms with Gasteiger partial charge in [0.2, 0.25) is 5.91 Å². The molecule has 1 saturated carbocycles. The minimum Gasteiger partial charge on any atom is -0.368 e. The number of amides is 2. The highest BCUT2D eigenvalue weighted by Crippen LogP contribution is 2.25. The fourth-order valence-corrected chi connectivity index (χ4v) is 3.43. The Hall–Kier alpha value is -2.95. The molecule has 0 aromatic heterocycles. The van der Waals surface area contributed by atoms with Crippen LogP contribution in [0.3, 0.4) is 0 Å². The highest BCUT2D eigenvalue weighted by Gasteiger charge is 2.32. The van der Waals surface area contributed by atoms with Crippen LogP contribution in [0.1, 0.15) is 36.0 Å². The van der Waals surface area contributed by atoms with Crippen molar-refractivity contribution in [2.75, 3.05) is 0 Å².